The van der Waals surface area contributed by atoms with Crippen LogP contribution in [-0.4, -0.2) is 21.3 Å². The number of amides is 1. The first-order valence-corrected chi connectivity index (χ1v) is 11.7. The van der Waals surface area contributed by atoms with Gasteiger partial charge in [0.05, 0.1) is 16.8 Å². The molecule has 0 unspecified atom stereocenters. The maximum Gasteiger partial charge on any atom is 0.272 e. The summed E-state index contributed by atoms with van der Waals surface area (Å²) >= 11 is 6.45. The molecule has 0 radical (unpaired) electrons. The van der Waals surface area contributed by atoms with E-state index in [1.54, 1.807) is 12.3 Å². The number of nitrogens with zero attached hydrogens (tertiary/aromatic N) is 3. The van der Waals surface area contributed by atoms with Gasteiger partial charge in [-0.3, -0.25) is 4.79 Å². The van der Waals surface area contributed by atoms with Gasteiger partial charge in [0.2, 0.25) is 0 Å². The van der Waals surface area contributed by atoms with Crippen molar-refractivity contribution in [2.45, 2.75) is 65.8 Å². The van der Waals surface area contributed by atoms with E-state index >= 15 is 0 Å². The van der Waals surface area contributed by atoms with Crippen LogP contribution >= 0.6 is 11.6 Å². The summed E-state index contributed by atoms with van der Waals surface area (Å²) in [4.78, 5) is 12.7. The molecule has 4 rings (SSSR count). The van der Waals surface area contributed by atoms with Crippen molar-refractivity contribution in [3.8, 4) is 5.69 Å². The van der Waals surface area contributed by atoms with Crippen LogP contribution < -0.4 is 5.43 Å². The summed E-state index contributed by atoms with van der Waals surface area (Å²) < 4.78 is 4.54. The van der Waals surface area contributed by atoms with Gasteiger partial charge in [-0.25, -0.2) is 5.43 Å². The number of carbonyl (C=O) groups is 1. The van der Waals surface area contributed by atoms with Crippen LogP contribution in [0.1, 0.15) is 76.8 Å². The molecule has 1 N–H and O–H groups in total. The Kier molecular flexibility index (Phi) is 6.56. The molecule has 0 bridgehead atoms. The summed E-state index contributed by atoms with van der Waals surface area (Å²) in [5.41, 5.74) is 9.69. The fourth-order valence-electron chi connectivity index (χ4n) is 4.96. The van der Waals surface area contributed by atoms with Crippen LogP contribution in [0.25, 0.3) is 5.69 Å². The summed E-state index contributed by atoms with van der Waals surface area (Å²) in [6.07, 6.45) is 8.13. The van der Waals surface area contributed by atoms with Crippen molar-refractivity contribution in [3.05, 3.63) is 75.3 Å². The minimum atomic E-state index is -0.320. The largest absolute Gasteiger partial charge is 0.345 e. The molecular formula is C26H31ClN4O. The van der Waals surface area contributed by atoms with E-state index in [9.17, 15) is 4.79 Å². The normalized spacial score (nSPS) is 14.9. The Balaban J connectivity index is 1.47. The van der Waals surface area contributed by atoms with Gasteiger partial charge in [0, 0.05) is 40.1 Å². The van der Waals surface area contributed by atoms with E-state index in [2.05, 4.69) is 51.7 Å². The van der Waals surface area contributed by atoms with Gasteiger partial charge in [0.25, 0.3) is 5.91 Å². The number of hydrazone groups is 1. The number of benzene rings is 1. The van der Waals surface area contributed by atoms with Crippen LogP contribution in [0.15, 0.2) is 41.5 Å². The Morgan fingerprint density at radius 2 is 1.69 bits per heavy atom. The number of aryl methyl sites for hydroxylation is 3. The lowest BCUT2D eigenvalue weighted by Crippen LogP contribution is -2.18. The second-order valence-corrected chi connectivity index (χ2v) is 9.21. The Bertz CT molecular complexity index is 1150. The van der Waals surface area contributed by atoms with Crippen LogP contribution in [0, 0.1) is 27.7 Å². The number of nitrogens with one attached hydrogen (secondary N) is 1. The van der Waals surface area contributed by atoms with Gasteiger partial charge in [-0.2, -0.15) is 5.10 Å². The third kappa shape index (κ3) is 4.40. The molecule has 1 fully saturated rings. The van der Waals surface area contributed by atoms with Crippen LogP contribution in [-0.2, 0) is 0 Å². The van der Waals surface area contributed by atoms with E-state index in [1.165, 1.54) is 43.5 Å². The van der Waals surface area contributed by atoms with Gasteiger partial charge < -0.3 is 9.13 Å². The zero-order valence-electron chi connectivity index (χ0n) is 19.3. The highest BCUT2D eigenvalue weighted by Crippen LogP contribution is 2.31. The minimum Gasteiger partial charge on any atom is -0.345 e. The molecule has 1 saturated carbocycles. The van der Waals surface area contributed by atoms with Gasteiger partial charge in [0.15, 0.2) is 0 Å². The first-order valence-electron chi connectivity index (χ1n) is 11.3. The quantitative estimate of drug-likeness (QED) is 0.353. The number of rotatable bonds is 5. The van der Waals surface area contributed by atoms with Gasteiger partial charge >= 0.3 is 0 Å². The first kappa shape index (κ1) is 22.4. The van der Waals surface area contributed by atoms with Crippen molar-refractivity contribution < 1.29 is 4.79 Å². The molecule has 1 amide bonds. The van der Waals surface area contributed by atoms with Gasteiger partial charge in [0.1, 0.15) is 0 Å². The molecule has 0 spiro atoms. The number of hydrogen-bond donors (Lipinski definition) is 1. The highest BCUT2D eigenvalue weighted by molar-refractivity contribution is 6.34. The zero-order valence-corrected chi connectivity index (χ0v) is 20.0. The summed E-state index contributed by atoms with van der Waals surface area (Å²) in [6, 6.07) is 12.3. The molecule has 1 aromatic carbocycles. The summed E-state index contributed by atoms with van der Waals surface area (Å²) in [6.45, 7) is 8.36. The second-order valence-electron chi connectivity index (χ2n) is 8.80. The Hall–Kier alpha value is -2.79. The zero-order chi connectivity index (χ0) is 22.8. The Labute approximate surface area is 195 Å². The van der Waals surface area contributed by atoms with Crippen molar-refractivity contribution in [2.75, 3.05) is 0 Å². The predicted molar refractivity (Wildman–Crippen MR) is 131 cm³/mol. The van der Waals surface area contributed by atoms with Crippen LogP contribution in [0.5, 0.6) is 0 Å². The number of carbonyl (C=O) groups excluding carboxylic acids is 1. The van der Waals surface area contributed by atoms with Gasteiger partial charge in [-0.15, -0.1) is 0 Å². The number of hydrogen-bond acceptors (Lipinski definition) is 2. The fraction of sp³-hybridized carbons (Fsp3) is 0.385. The molecule has 32 heavy (non-hydrogen) atoms. The van der Waals surface area contributed by atoms with Crippen molar-refractivity contribution in [2.24, 2.45) is 5.10 Å². The standard InChI is InChI=1S/C26H31ClN4O/c1-17-10-11-18(2)30(17)23-12-13-24(25(27)15-23)26(32)29-28-16-21-14-19(3)31(20(21)4)22-8-6-5-7-9-22/h10-16,22H,5-9H2,1-4H3,(H,29,32)/b28-16-. The molecule has 168 valence electrons. The molecule has 1 aliphatic rings. The van der Waals surface area contributed by atoms with E-state index < -0.39 is 0 Å². The van der Waals surface area contributed by atoms with Crippen molar-refractivity contribution >= 4 is 23.7 Å². The topological polar surface area (TPSA) is 51.3 Å². The average molecular weight is 451 g/mol. The monoisotopic (exact) mass is 450 g/mol. The van der Waals surface area contributed by atoms with Crippen molar-refractivity contribution in [3.63, 3.8) is 0 Å². The molecule has 0 saturated heterocycles. The molecular weight excluding hydrogens is 420 g/mol. The first-order chi connectivity index (χ1) is 15.4. The van der Waals surface area contributed by atoms with Crippen LogP contribution in [0.2, 0.25) is 5.02 Å². The molecule has 0 atom stereocenters. The maximum atomic E-state index is 12.7. The number of halogens is 1. The predicted octanol–water partition coefficient (Wildman–Crippen LogP) is 6.43. The highest BCUT2D eigenvalue weighted by Gasteiger charge is 2.19. The van der Waals surface area contributed by atoms with Gasteiger partial charge in [-0.05, 0) is 76.9 Å². The highest BCUT2D eigenvalue weighted by atomic mass is 35.5. The molecule has 5 nitrogen and oxygen atoms in total. The smallest absolute Gasteiger partial charge is 0.272 e. The Morgan fingerprint density at radius 1 is 1.00 bits per heavy atom. The van der Waals surface area contributed by atoms with Crippen molar-refractivity contribution in [1.29, 1.82) is 0 Å². The van der Waals surface area contributed by atoms with E-state index in [0.29, 0.717) is 16.6 Å². The Morgan fingerprint density at radius 3 is 2.34 bits per heavy atom. The molecule has 0 aliphatic heterocycles. The molecule has 2 aromatic heterocycles. The third-order valence-electron chi connectivity index (χ3n) is 6.56. The van der Waals surface area contributed by atoms with Crippen LogP contribution in [0.4, 0.5) is 0 Å². The lowest BCUT2D eigenvalue weighted by molar-refractivity contribution is 0.0955. The molecule has 2 heterocycles. The summed E-state index contributed by atoms with van der Waals surface area (Å²) in [7, 11) is 0. The third-order valence-corrected chi connectivity index (χ3v) is 6.87. The lowest BCUT2D eigenvalue weighted by Gasteiger charge is -2.26. The molecule has 1 aliphatic carbocycles. The lowest BCUT2D eigenvalue weighted by atomic mass is 9.95. The van der Waals surface area contributed by atoms with E-state index in [1.807, 2.05) is 26.0 Å². The molecule has 3 aromatic rings. The van der Waals surface area contributed by atoms with Crippen LogP contribution in [0.3, 0.4) is 0 Å². The minimum absolute atomic E-state index is 0.320. The fourth-order valence-corrected chi connectivity index (χ4v) is 5.22. The van der Waals surface area contributed by atoms with E-state index in [4.69, 9.17) is 11.6 Å². The average Bonchev–Trinajstić information content (AvgIpc) is 3.25. The van der Waals surface area contributed by atoms with E-state index in [0.717, 1.165) is 22.6 Å². The number of aromatic nitrogens is 2. The summed E-state index contributed by atoms with van der Waals surface area (Å²) in [5.74, 6) is -0.320. The van der Waals surface area contributed by atoms with Gasteiger partial charge in [-0.1, -0.05) is 30.9 Å². The van der Waals surface area contributed by atoms with Crippen molar-refractivity contribution in [1.82, 2.24) is 14.6 Å². The summed E-state index contributed by atoms with van der Waals surface area (Å²) in [5, 5.41) is 4.62. The second kappa shape index (κ2) is 9.37. The SMILES string of the molecule is Cc1ccc(C)n1-c1ccc(C(=O)N/N=C\c2cc(C)n(C3CCCCC3)c2C)c(Cl)c1. The maximum absolute atomic E-state index is 12.7. The molecule has 6 heteroatoms. The van der Waals surface area contributed by atoms with E-state index in [-0.39, 0.29) is 5.91 Å².